The Kier molecular flexibility index (Phi) is 4.18. The van der Waals surface area contributed by atoms with E-state index in [0.29, 0.717) is 0 Å². The molecule has 0 N–H and O–H groups in total. The molecule has 0 radical (unpaired) electrons. The lowest BCUT2D eigenvalue weighted by atomic mass is 10.3. The van der Waals surface area contributed by atoms with Gasteiger partial charge in [-0.3, -0.25) is 15.1 Å². The van der Waals surface area contributed by atoms with Crippen LogP contribution in [0.5, 0.6) is 0 Å². The molecule has 1 rings (SSSR count). The highest BCUT2D eigenvalue weighted by Crippen LogP contribution is 2.14. The summed E-state index contributed by atoms with van der Waals surface area (Å²) in [5.41, 5.74) is -0.251. The highest BCUT2D eigenvalue weighted by molar-refractivity contribution is 5.29. The average molecular weight is 236 g/mol. The van der Waals surface area contributed by atoms with Gasteiger partial charge in [0, 0.05) is 18.3 Å². The molecule has 0 fully saturated rings. The lowest BCUT2D eigenvalue weighted by Gasteiger charge is -2.07. The van der Waals surface area contributed by atoms with Crippen LogP contribution in [0.4, 0.5) is 18.9 Å². The van der Waals surface area contributed by atoms with E-state index < -0.39 is 24.3 Å². The Morgan fingerprint density at radius 2 is 2.19 bits per heavy atom. The largest absolute Gasteiger partial charge is 0.337 e. The van der Waals surface area contributed by atoms with Crippen molar-refractivity contribution in [2.24, 2.45) is 0 Å². The highest BCUT2D eigenvalue weighted by atomic mass is 19.3. The molecule has 0 bridgehead atoms. The highest BCUT2D eigenvalue weighted by Gasteiger charge is 2.20. The van der Waals surface area contributed by atoms with Crippen molar-refractivity contribution in [2.75, 3.05) is 0 Å². The van der Waals surface area contributed by atoms with Crippen LogP contribution >= 0.6 is 0 Å². The molecule has 5 nitrogen and oxygen atoms in total. The van der Waals surface area contributed by atoms with Gasteiger partial charge in [0.25, 0.3) is 18.5 Å². The van der Waals surface area contributed by atoms with Gasteiger partial charge in [0.2, 0.25) is 0 Å². The topological polar surface area (TPSA) is 65.3 Å². The molecule has 16 heavy (non-hydrogen) atoms. The normalized spacial score (nSPS) is 12.8. The molecule has 0 saturated carbocycles. The number of alkyl halides is 3. The molecule has 1 heterocycles. The second-order valence-corrected chi connectivity index (χ2v) is 2.76. The number of ether oxygens (including phenoxy) is 1. The molecule has 1 aromatic rings. The van der Waals surface area contributed by atoms with Crippen molar-refractivity contribution in [3.8, 4) is 0 Å². The lowest BCUT2D eigenvalue weighted by molar-refractivity contribution is -0.385. The van der Waals surface area contributed by atoms with Crippen LogP contribution in [0, 0.1) is 10.1 Å². The van der Waals surface area contributed by atoms with E-state index in [-0.39, 0.29) is 11.4 Å². The molecular weight excluding hydrogens is 229 g/mol. The first-order valence-corrected chi connectivity index (χ1v) is 4.14. The van der Waals surface area contributed by atoms with Crippen molar-refractivity contribution in [1.82, 2.24) is 4.98 Å². The predicted molar refractivity (Wildman–Crippen MR) is 46.6 cm³/mol. The van der Waals surface area contributed by atoms with Crippen LogP contribution in [0.2, 0.25) is 0 Å². The van der Waals surface area contributed by atoms with Crippen molar-refractivity contribution >= 4 is 5.69 Å². The zero-order valence-electron chi connectivity index (χ0n) is 7.85. The second kappa shape index (κ2) is 5.40. The summed E-state index contributed by atoms with van der Waals surface area (Å²) < 4.78 is 39.9. The standard InChI is InChI=1S/C8H7F3N2O3/c9-7(10)8(11)16-4-5-3-6(13(14)15)1-2-12-5/h1-3,7-8H,4H2. The van der Waals surface area contributed by atoms with E-state index in [9.17, 15) is 23.3 Å². The summed E-state index contributed by atoms with van der Waals surface area (Å²) in [5.74, 6) is 0. The van der Waals surface area contributed by atoms with Crippen LogP contribution < -0.4 is 0 Å². The summed E-state index contributed by atoms with van der Waals surface area (Å²) in [4.78, 5) is 13.3. The molecule has 1 atom stereocenters. The SMILES string of the molecule is O=[N+]([O-])c1ccnc(COC(F)C(F)F)c1. The maximum atomic E-state index is 12.3. The van der Waals surface area contributed by atoms with E-state index >= 15 is 0 Å². The van der Waals surface area contributed by atoms with Crippen LogP contribution in [0.15, 0.2) is 18.3 Å². The first kappa shape index (κ1) is 12.4. The fourth-order valence-electron chi connectivity index (χ4n) is 0.896. The van der Waals surface area contributed by atoms with E-state index in [0.717, 1.165) is 18.3 Å². The van der Waals surface area contributed by atoms with Gasteiger partial charge in [-0.2, -0.15) is 0 Å². The Bertz CT molecular complexity index is 375. The Morgan fingerprint density at radius 1 is 1.50 bits per heavy atom. The Hall–Kier alpha value is -1.70. The van der Waals surface area contributed by atoms with Gasteiger partial charge in [0.1, 0.15) is 0 Å². The molecule has 0 spiro atoms. The van der Waals surface area contributed by atoms with E-state index in [1.54, 1.807) is 0 Å². The summed E-state index contributed by atoms with van der Waals surface area (Å²) in [6.45, 7) is -0.548. The summed E-state index contributed by atoms with van der Waals surface area (Å²) in [6.07, 6.45) is -4.85. The number of hydrogen-bond acceptors (Lipinski definition) is 4. The zero-order chi connectivity index (χ0) is 12.1. The number of nitro groups is 1. The number of pyridine rings is 1. The summed E-state index contributed by atoms with van der Waals surface area (Å²) in [7, 11) is 0. The van der Waals surface area contributed by atoms with Crippen LogP contribution in [0.3, 0.4) is 0 Å². The molecule has 0 aromatic carbocycles. The zero-order valence-corrected chi connectivity index (χ0v) is 7.85. The van der Waals surface area contributed by atoms with Crippen molar-refractivity contribution in [3.63, 3.8) is 0 Å². The Labute approximate surface area is 88.0 Å². The molecule has 0 aliphatic carbocycles. The second-order valence-electron chi connectivity index (χ2n) is 2.76. The lowest BCUT2D eigenvalue weighted by Crippen LogP contribution is -2.16. The van der Waals surface area contributed by atoms with Gasteiger partial charge in [0.05, 0.1) is 17.2 Å². The maximum Gasteiger partial charge on any atom is 0.293 e. The quantitative estimate of drug-likeness (QED) is 0.579. The van der Waals surface area contributed by atoms with Crippen LogP contribution in [-0.4, -0.2) is 22.7 Å². The number of aromatic nitrogens is 1. The van der Waals surface area contributed by atoms with Gasteiger partial charge in [-0.15, -0.1) is 0 Å². The first-order valence-electron chi connectivity index (χ1n) is 4.14. The molecule has 0 saturated heterocycles. The molecule has 1 unspecified atom stereocenters. The molecule has 1 aromatic heterocycles. The van der Waals surface area contributed by atoms with Crippen LogP contribution in [0.25, 0.3) is 0 Å². The minimum Gasteiger partial charge on any atom is -0.337 e. The van der Waals surface area contributed by atoms with Gasteiger partial charge in [0.15, 0.2) is 0 Å². The Morgan fingerprint density at radius 3 is 2.75 bits per heavy atom. The van der Waals surface area contributed by atoms with Crippen LogP contribution in [-0.2, 0) is 11.3 Å². The van der Waals surface area contributed by atoms with E-state index in [1.807, 2.05) is 0 Å². The number of hydrogen-bond donors (Lipinski definition) is 0. The average Bonchev–Trinajstić information content (AvgIpc) is 2.26. The molecule has 8 heteroatoms. The van der Waals surface area contributed by atoms with E-state index in [4.69, 9.17) is 0 Å². The minimum atomic E-state index is -3.25. The fourth-order valence-corrected chi connectivity index (χ4v) is 0.896. The fraction of sp³-hybridized carbons (Fsp3) is 0.375. The third-order valence-electron chi connectivity index (χ3n) is 1.60. The summed E-state index contributed by atoms with van der Waals surface area (Å²) in [5, 5.41) is 10.3. The number of nitrogens with zero attached hydrogens (tertiary/aromatic N) is 2. The Balaban J connectivity index is 2.61. The predicted octanol–water partition coefficient (Wildman–Crippen LogP) is 2.07. The summed E-state index contributed by atoms with van der Waals surface area (Å²) >= 11 is 0. The third kappa shape index (κ3) is 3.46. The molecular formula is C8H7F3N2O3. The minimum absolute atomic E-state index is 0.0116. The van der Waals surface area contributed by atoms with E-state index in [2.05, 4.69) is 9.72 Å². The van der Waals surface area contributed by atoms with Crippen molar-refractivity contribution < 1.29 is 22.8 Å². The monoisotopic (exact) mass is 236 g/mol. The van der Waals surface area contributed by atoms with Gasteiger partial charge < -0.3 is 4.74 Å². The molecule has 0 aliphatic rings. The van der Waals surface area contributed by atoms with Crippen LogP contribution in [0.1, 0.15) is 5.69 Å². The first-order chi connectivity index (χ1) is 7.50. The van der Waals surface area contributed by atoms with Gasteiger partial charge >= 0.3 is 0 Å². The van der Waals surface area contributed by atoms with E-state index in [1.165, 1.54) is 0 Å². The van der Waals surface area contributed by atoms with Gasteiger partial charge in [-0.05, 0) is 0 Å². The molecule has 88 valence electrons. The summed E-state index contributed by atoms with van der Waals surface area (Å²) in [6, 6.07) is 2.15. The maximum absolute atomic E-state index is 12.3. The molecule has 0 aliphatic heterocycles. The van der Waals surface area contributed by atoms with Crippen molar-refractivity contribution in [1.29, 1.82) is 0 Å². The van der Waals surface area contributed by atoms with Crippen molar-refractivity contribution in [3.05, 3.63) is 34.1 Å². The number of rotatable bonds is 5. The molecule has 0 amide bonds. The van der Waals surface area contributed by atoms with Gasteiger partial charge in [-0.25, -0.2) is 13.2 Å². The van der Waals surface area contributed by atoms with Gasteiger partial charge in [-0.1, -0.05) is 0 Å². The third-order valence-corrected chi connectivity index (χ3v) is 1.60. The smallest absolute Gasteiger partial charge is 0.293 e. The van der Waals surface area contributed by atoms with Crippen molar-refractivity contribution in [2.45, 2.75) is 19.4 Å². The number of halogens is 3.